The van der Waals surface area contributed by atoms with Crippen LogP contribution in [0.5, 0.6) is 0 Å². The fourth-order valence-corrected chi connectivity index (χ4v) is 5.26. The van der Waals surface area contributed by atoms with Gasteiger partial charge < -0.3 is 4.74 Å². The highest BCUT2D eigenvalue weighted by Crippen LogP contribution is 2.67. The second-order valence-corrected chi connectivity index (χ2v) is 8.48. The molecule has 5 nitrogen and oxygen atoms in total. The minimum absolute atomic E-state index is 0.0400. The van der Waals surface area contributed by atoms with Crippen LogP contribution in [0.25, 0.3) is 5.69 Å². The lowest BCUT2D eigenvalue weighted by Crippen LogP contribution is -2.37. The quantitative estimate of drug-likeness (QED) is 0.749. The van der Waals surface area contributed by atoms with Crippen molar-refractivity contribution in [2.45, 2.75) is 58.4 Å². The average molecular weight is 390 g/mol. The molecule has 2 atom stereocenters. The summed E-state index contributed by atoms with van der Waals surface area (Å²) in [6.07, 6.45) is 1.76. The van der Waals surface area contributed by atoms with Crippen LogP contribution in [-0.2, 0) is 21.5 Å². The second kappa shape index (κ2) is 6.03. The summed E-state index contributed by atoms with van der Waals surface area (Å²) >= 11 is 0. The molecule has 150 valence electrons. The molecule has 28 heavy (non-hydrogen) atoms. The van der Waals surface area contributed by atoms with Crippen molar-refractivity contribution in [3.63, 3.8) is 0 Å². The molecule has 0 aliphatic heterocycles. The number of halogens is 2. The normalized spacial score (nSPS) is 24.4. The average Bonchev–Trinajstić information content (AvgIpc) is 3.08. The smallest absolute Gasteiger partial charge is 0.327 e. The van der Waals surface area contributed by atoms with Gasteiger partial charge in [-0.3, -0.25) is 14.3 Å². The summed E-state index contributed by atoms with van der Waals surface area (Å²) in [6, 6.07) is 3.09. The molecule has 1 fully saturated rings. The van der Waals surface area contributed by atoms with E-state index in [0.29, 0.717) is 5.56 Å². The lowest BCUT2D eigenvalue weighted by Gasteiger charge is -2.36. The van der Waals surface area contributed by atoms with Gasteiger partial charge in [-0.1, -0.05) is 20.8 Å². The Morgan fingerprint density at radius 2 is 2.00 bits per heavy atom. The number of carbonyl (C=O) groups excluding carboxylic acids is 1. The minimum atomic E-state index is -0.847. The highest BCUT2D eigenvalue weighted by atomic mass is 19.1. The maximum absolute atomic E-state index is 14.6. The van der Waals surface area contributed by atoms with Gasteiger partial charge in [0.15, 0.2) is 5.82 Å². The first-order valence-electron chi connectivity index (χ1n) is 9.60. The Balaban J connectivity index is 2.00. The lowest BCUT2D eigenvalue weighted by atomic mass is 9.70. The van der Waals surface area contributed by atoms with E-state index in [1.807, 2.05) is 0 Å². The third kappa shape index (κ3) is 2.28. The number of benzene rings is 1. The van der Waals surface area contributed by atoms with Gasteiger partial charge in [0.2, 0.25) is 0 Å². The molecule has 2 aliphatic rings. The molecule has 0 radical (unpaired) electrons. The number of aromatic nitrogens is 2. The molecule has 2 bridgehead atoms. The van der Waals surface area contributed by atoms with Crippen molar-refractivity contribution in [1.82, 2.24) is 9.36 Å². The monoisotopic (exact) mass is 390 g/mol. The van der Waals surface area contributed by atoms with E-state index in [1.165, 1.54) is 10.7 Å². The lowest BCUT2D eigenvalue weighted by molar-refractivity contribution is -0.144. The Bertz CT molecular complexity index is 1040. The molecule has 2 aliphatic carbocycles. The third-order valence-corrected chi connectivity index (χ3v) is 7.00. The fourth-order valence-electron chi connectivity index (χ4n) is 5.26. The highest BCUT2D eigenvalue weighted by Gasteiger charge is 2.63. The number of fused-ring (bicyclic) bond motifs is 5. The Morgan fingerprint density at radius 1 is 1.29 bits per heavy atom. The van der Waals surface area contributed by atoms with Crippen LogP contribution in [0.3, 0.4) is 0 Å². The van der Waals surface area contributed by atoms with Crippen LogP contribution in [0.2, 0.25) is 0 Å². The largest absolute Gasteiger partial charge is 0.465 e. The van der Waals surface area contributed by atoms with E-state index in [4.69, 9.17) is 4.74 Å². The summed E-state index contributed by atoms with van der Waals surface area (Å²) in [4.78, 5) is 25.7. The molecular weight excluding hydrogens is 366 g/mol. The van der Waals surface area contributed by atoms with Crippen molar-refractivity contribution in [3.8, 4) is 5.69 Å². The van der Waals surface area contributed by atoms with Crippen LogP contribution in [0.4, 0.5) is 8.78 Å². The number of carbonyl (C=O) groups is 1. The zero-order valence-corrected chi connectivity index (χ0v) is 16.5. The van der Waals surface area contributed by atoms with Gasteiger partial charge in [-0.05, 0) is 43.2 Å². The number of hydrogen-bond acceptors (Lipinski definition) is 3. The van der Waals surface area contributed by atoms with Gasteiger partial charge in [0, 0.05) is 17.0 Å². The molecule has 1 saturated carbocycles. The summed E-state index contributed by atoms with van der Waals surface area (Å²) in [7, 11) is 0. The van der Waals surface area contributed by atoms with E-state index in [9.17, 15) is 18.4 Å². The number of rotatable bonds is 4. The van der Waals surface area contributed by atoms with Gasteiger partial charge in [0.05, 0.1) is 12.3 Å². The van der Waals surface area contributed by atoms with Crippen LogP contribution in [-0.4, -0.2) is 21.9 Å². The Labute approximate surface area is 161 Å². The first-order valence-corrected chi connectivity index (χ1v) is 9.60. The van der Waals surface area contributed by atoms with Crippen LogP contribution < -0.4 is 5.56 Å². The van der Waals surface area contributed by atoms with E-state index < -0.39 is 17.6 Å². The molecule has 0 amide bonds. The zero-order valence-electron chi connectivity index (χ0n) is 16.5. The Hall–Kier alpha value is -2.44. The summed E-state index contributed by atoms with van der Waals surface area (Å²) in [5.74, 6) is -2.03. The molecule has 0 spiro atoms. The minimum Gasteiger partial charge on any atom is -0.465 e. The van der Waals surface area contributed by atoms with Crippen molar-refractivity contribution < 1.29 is 18.3 Å². The maximum atomic E-state index is 14.6. The Kier molecular flexibility index (Phi) is 4.07. The van der Waals surface area contributed by atoms with Crippen molar-refractivity contribution >= 4 is 5.97 Å². The molecule has 0 N–H and O–H groups in total. The van der Waals surface area contributed by atoms with E-state index in [2.05, 4.69) is 20.8 Å². The van der Waals surface area contributed by atoms with Gasteiger partial charge >= 0.3 is 5.97 Å². The summed E-state index contributed by atoms with van der Waals surface area (Å²) in [6.45, 7) is 8.10. The van der Waals surface area contributed by atoms with E-state index >= 15 is 0 Å². The maximum Gasteiger partial charge on any atom is 0.327 e. The third-order valence-electron chi connectivity index (χ3n) is 7.00. The van der Waals surface area contributed by atoms with Gasteiger partial charge in [0.1, 0.15) is 18.0 Å². The van der Waals surface area contributed by atoms with Crippen molar-refractivity contribution in [1.29, 1.82) is 0 Å². The number of hydrogen-bond donors (Lipinski definition) is 0. The molecule has 1 aromatic carbocycles. The second-order valence-electron chi connectivity index (χ2n) is 8.48. The molecule has 0 saturated heterocycles. The van der Waals surface area contributed by atoms with Gasteiger partial charge in [0.25, 0.3) is 5.56 Å². The summed E-state index contributed by atoms with van der Waals surface area (Å²) < 4.78 is 35.8. The molecule has 1 heterocycles. The first-order chi connectivity index (χ1) is 13.1. The van der Waals surface area contributed by atoms with Crippen molar-refractivity contribution in [2.75, 3.05) is 6.61 Å². The molecule has 0 unspecified atom stereocenters. The van der Waals surface area contributed by atoms with E-state index in [1.54, 1.807) is 11.6 Å². The number of ether oxygens (including phenoxy) is 1. The molecule has 7 heteroatoms. The summed E-state index contributed by atoms with van der Waals surface area (Å²) in [5, 5.41) is 0. The molecule has 4 rings (SSSR count). The first kappa shape index (κ1) is 18.9. The standard InChI is InChI=1S/C21H24F2N2O3/c1-5-28-16(26)11-24-18-17(13-8-9-21(18,4)20(13,2)3)19(27)25(24)15-7-6-12(22)10-14(15)23/h6-7,10,13H,5,8-9,11H2,1-4H3/t13-,21+/m1/s1. The van der Waals surface area contributed by atoms with Crippen LogP contribution >= 0.6 is 0 Å². The van der Waals surface area contributed by atoms with Crippen molar-refractivity contribution in [3.05, 3.63) is 51.4 Å². The van der Waals surface area contributed by atoms with Crippen LogP contribution in [0.1, 0.15) is 57.7 Å². The fraction of sp³-hybridized carbons (Fsp3) is 0.524. The Morgan fingerprint density at radius 3 is 2.64 bits per heavy atom. The van der Waals surface area contributed by atoms with Crippen molar-refractivity contribution in [2.24, 2.45) is 5.41 Å². The predicted molar refractivity (Wildman–Crippen MR) is 99.7 cm³/mol. The topological polar surface area (TPSA) is 53.2 Å². The predicted octanol–water partition coefficient (Wildman–Crippen LogP) is 3.66. The van der Waals surface area contributed by atoms with Crippen LogP contribution in [0, 0.1) is 17.0 Å². The number of nitrogens with zero attached hydrogens (tertiary/aromatic N) is 2. The van der Waals surface area contributed by atoms with Gasteiger partial charge in [-0.25, -0.2) is 13.5 Å². The number of esters is 1. The summed E-state index contributed by atoms with van der Waals surface area (Å²) in [5.41, 5.74) is 0.549. The zero-order chi connectivity index (χ0) is 20.4. The van der Waals surface area contributed by atoms with E-state index in [0.717, 1.165) is 30.7 Å². The molecular formula is C21H24F2N2O3. The van der Waals surface area contributed by atoms with E-state index in [-0.39, 0.29) is 41.1 Å². The van der Waals surface area contributed by atoms with Crippen LogP contribution in [0.15, 0.2) is 23.0 Å². The molecule has 2 aromatic rings. The van der Waals surface area contributed by atoms with Gasteiger partial charge in [-0.2, -0.15) is 0 Å². The SMILES string of the molecule is CCOC(=O)Cn1c2c(c(=O)n1-c1ccc(F)cc1F)[C@H]1CC[C@]2(C)C1(C)C. The highest BCUT2D eigenvalue weighted by molar-refractivity contribution is 5.69. The molecule has 1 aromatic heterocycles. The van der Waals surface area contributed by atoms with Gasteiger partial charge in [-0.15, -0.1) is 0 Å².